The van der Waals surface area contributed by atoms with Crippen molar-refractivity contribution in [2.75, 3.05) is 14.2 Å². The molecule has 0 fully saturated rings. The van der Waals surface area contributed by atoms with E-state index in [-0.39, 0.29) is 33.8 Å². The molecule has 38 heavy (non-hydrogen) atoms. The highest BCUT2D eigenvalue weighted by Gasteiger charge is 2.28. The smallest absolute Gasteiger partial charge is 0.360 e. The SMILES string of the molecule is COC(=O)c1ccc(C(=O)c2ccc(C(=O)OC)c(OOC(=O)C(C)(C)C)c2)cc1OOC(=O)C(C)(C)C. The van der Waals surface area contributed by atoms with Crippen LogP contribution in [0.1, 0.15) is 78.2 Å². The average Bonchev–Trinajstić information content (AvgIpc) is 2.87. The van der Waals surface area contributed by atoms with Crippen molar-refractivity contribution in [3.05, 3.63) is 58.7 Å². The second kappa shape index (κ2) is 11.8. The summed E-state index contributed by atoms with van der Waals surface area (Å²) in [6, 6.07) is 7.59. The fraction of sp³-hybridized carbons (Fsp3) is 0.370. The molecule has 0 saturated heterocycles. The van der Waals surface area contributed by atoms with Gasteiger partial charge in [0.05, 0.1) is 25.0 Å². The molecule has 2 rings (SSSR count). The van der Waals surface area contributed by atoms with Crippen LogP contribution in [0.15, 0.2) is 36.4 Å². The van der Waals surface area contributed by atoms with Gasteiger partial charge in [-0.2, -0.15) is 0 Å². The standard InChI is InChI=1S/C27H30O11/c1-26(2,3)24(31)37-35-19-13-15(9-11-17(19)22(29)33-7)21(28)16-10-12-18(23(30)34-8)20(14-16)36-38-25(32)27(4,5)6/h9-14H,1-8H3. The van der Waals surface area contributed by atoms with Gasteiger partial charge in [-0.25, -0.2) is 29.0 Å². The number of hydrogen-bond acceptors (Lipinski definition) is 11. The Bertz CT molecular complexity index is 1150. The molecule has 0 atom stereocenters. The van der Waals surface area contributed by atoms with Gasteiger partial charge in [0.15, 0.2) is 17.3 Å². The maximum atomic E-state index is 13.3. The number of methoxy groups -OCH3 is 2. The third-order valence-corrected chi connectivity index (χ3v) is 4.94. The summed E-state index contributed by atoms with van der Waals surface area (Å²) in [4.78, 5) is 81.8. The number of esters is 2. The van der Waals surface area contributed by atoms with Crippen LogP contribution in [0.25, 0.3) is 0 Å². The van der Waals surface area contributed by atoms with Crippen molar-refractivity contribution in [1.82, 2.24) is 0 Å². The zero-order chi connectivity index (χ0) is 28.8. The van der Waals surface area contributed by atoms with Crippen molar-refractivity contribution in [2.24, 2.45) is 10.8 Å². The largest absolute Gasteiger partial charge is 0.465 e. The molecule has 0 saturated carbocycles. The molecule has 11 nitrogen and oxygen atoms in total. The molecule has 0 amide bonds. The van der Waals surface area contributed by atoms with Gasteiger partial charge >= 0.3 is 23.9 Å². The van der Waals surface area contributed by atoms with E-state index in [9.17, 15) is 24.0 Å². The topological polar surface area (TPSA) is 141 Å². The van der Waals surface area contributed by atoms with Gasteiger partial charge in [0.1, 0.15) is 11.1 Å². The van der Waals surface area contributed by atoms with Crippen LogP contribution in [-0.4, -0.2) is 43.9 Å². The Labute approximate surface area is 219 Å². The van der Waals surface area contributed by atoms with Gasteiger partial charge in [-0.15, -0.1) is 0 Å². The fourth-order valence-electron chi connectivity index (χ4n) is 2.60. The Morgan fingerprint density at radius 2 is 0.921 bits per heavy atom. The first-order valence-corrected chi connectivity index (χ1v) is 11.4. The lowest BCUT2D eigenvalue weighted by atomic mass is 9.98. The van der Waals surface area contributed by atoms with Gasteiger partial charge in [-0.1, -0.05) is 0 Å². The van der Waals surface area contributed by atoms with Crippen molar-refractivity contribution < 1.29 is 53.0 Å². The van der Waals surface area contributed by atoms with Crippen LogP contribution in [-0.2, 0) is 28.8 Å². The molecule has 0 aliphatic carbocycles. The molecule has 0 heterocycles. The second-order valence-electron chi connectivity index (χ2n) is 10.1. The summed E-state index contributed by atoms with van der Waals surface area (Å²) in [6.45, 7) is 9.64. The summed E-state index contributed by atoms with van der Waals surface area (Å²) in [5, 5.41) is 0. The van der Waals surface area contributed by atoms with E-state index in [1.54, 1.807) is 41.5 Å². The molecule has 2 aromatic rings. The van der Waals surface area contributed by atoms with E-state index in [1.807, 2.05) is 0 Å². The zero-order valence-electron chi connectivity index (χ0n) is 22.5. The number of carbonyl (C=O) groups is 5. The molecular formula is C27H30O11. The summed E-state index contributed by atoms with van der Waals surface area (Å²) < 4.78 is 9.44. The van der Waals surface area contributed by atoms with Crippen LogP contribution >= 0.6 is 0 Å². The van der Waals surface area contributed by atoms with E-state index >= 15 is 0 Å². The van der Waals surface area contributed by atoms with Crippen molar-refractivity contribution in [3.63, 3.8) is 0 Å². The lowest BCUT2D eigenvalue weighted by Gasteiger charge is -2.17. The number of hydrogen-bond donors (Lipinski definition) is 0. The predicted molar refractivity (Wildman–Crippen MR) is 131 cm³/mol. The average molecular weight is 531 g/mol. The van der Waals surface area contributed by atoms with Crippen LogP contribution in [0, 0.1) is 10.8 Å². The van der Waals surface area contributed by atoms with Crippen molar-refractivity contribution >= 4 is 29.7 Å². The van der Waals surface area contributed by atoms with Crippen LogP contribution in [0.2, 0.25) is 0 Å². The van der Waals surface area contributed by atoms with Crippen molar-refractivity contribution in [3.8, 4) is 11.5 Å². The molecule has 0 aliphatic rings. The fourth-order valence-corrected chi connectivity index (χ4v) is 2.60. The third kappa shape index (κ3) is 7.31. The minimum Gasteiger partial charge on any atom is -0.465 e. The van der Waals surface area contributed by atoms with Crippen LogP contribution in [0.3, 0.4) is 0 Å². The highest BCUT2D eigenvalue weighted by molar-refractivity contribution is 6.10. The van der Waals surface area contributed by atoms with E-state index in [4.69, 9.17) is 29.0 Å². The maximum Gasteiger partial charge on any atom is 0.360 e. The molecule has 0 spiro atoms. The Morgan fingerprint density at radius 3 is 1.21 bits per heavy atom. The molecule has 0 N–H and O–H groups in total. The van der Waals surface area contributed by atoms with Crippen LogP contribution < -0.4 is 9.78 Å². The Hall–Kier alpha value is -4.41. The first kappa shape index (κ1) is 29.8. The van der Waals surface area contributed by atoms with E-state index < -0.39 is 40.5 Å². The van der Waals surface area contributed by atoms with Gasteiger partial charge in [-0.05, 0) is 77.9 Å². The molecule has 204 valence electrons. The van der Waals surface area contributed by atoms with Gasteiger partial charge < -0.3 is 9.47 Å². The number of benzene rings is 2. The van der Waals surface area contributed by atoms with Gasteiger partial charge in [0, 0.05) is 11.1 Å². The maximum absolute atomic E-state index is 13.3. The molecule has 0 bridgehead atoms. The quantitative estimate of drug-likeness (QED) is 0.209. The summed E-state index contributed by atoms with van der Waals surface area (Å²) >= 11 is 0. The van der Waals surface area contributed by atoms with E-state index in [0.29, 0.717) is 0 Å². The Morgan fingerprint density at radius 1 is 0.579 bits per heavy atom. The summed E-state index contributed by atoms with van der Waals surface area (Å²) in [7, 11) is 2.31. The summed E-state index contributed by atoms with van der Waals surface area (Å²) in [5.41, 5.74) is -1.92. The molecular weight excluding hydrogens is 500 g/mol. The van der Waals surface area contributed by atoms with Crippen LogP contribution in [0.5, 0.6) is 11.5 Å². The van der Waals surface area contributed by atoms with Gasteiger partial charge in [-0.3, -0.25) is 14.6 Å². The monoisotopic (exact) mass is 530 g/mol. The predicted octanol–water partition coefficient (Wildman–Crippen LogP) is 4.26. The molecule has 0 aromatic heterocycles. The highest BCUT2D eigenvalue weighted by Crippen LogP contribution is 2.28. The van der Waals surface area contributed by atoms with Crippen molar-refractivity contribution in [1.29, 1.82) is 0 Å². The van der Waals surface area contributed by atoms with E-state index in [1.165, 1.54) is 36.4 Å². The zero-order valence-corrected chi connectivity index (χ0v) is 22.5. The Kier molecular flexibility index (Phi) is 9.23. The van der Waals surface area contributed by atoms with Gasteiger partial charge in [0.2, 0.25) is 0 Å². The number of ketones is 1. The molecule has 0 aliphatic heterocycles. The highest BCUT2D eigenvalue weighted by atomic mass is 17.2. The lowest BCUT2D eigenvalue weighted by molar-refractivity contribution is -0.223. The molecule has 11 heteroatoms. The molecule has 0 radical (unpaired) electrons. The Balaban J connectivity index is 2.46. The van der Waals surface area contributed by atoms with E-state index in [0.717, 1.165) is 14.2 Å². The number of rotatable bonds is 8. The normalized spacial score (nSPS) is 11.2. The molecule has 0 unspecified atom stereocenters. The second-order valence-corrected chi connectivity index (χ2v) is 10.1. The minimum absolute atomic E-state index is 0.0305. The van der Waals surface area contributed by atoms with Crippen LogP contribution in [0.4, 0.5) is 0 Å². The van der Waals surface area contributed by atoms with E-state index in [2.05, 4.69) is 0 Å². The first-order chi connectivity index (χ1) is 17.6. The number of ether oxygens (including phenoxy) is 2. The first-order valence-electron chi connectivity index (χ1n) is 11.4. The summed E-state index contributed by atoms with van der Waals surface area (Å²) in [6.07, 6.45) is 0. The third-order valence-electron chi connectivity index (χ3n) is 4.94. The molecule has 2 aromatic carbocycles. The minimum atomic E-state index is -0.896. The van der Waals surface area contributed by atoms with Crippen molar-refractivity contribution in [2.45, 2.75) is 41.5 Å². The lowest BCUT2D eigenvalue weighted by Crippen LogP contribution is -2.25. The number of carbonyl (C=O) groups excluding carboxylic acids is 5. The van der Waals surface area contributed by atoms with Gasteiger partial charge in [0.25, 0.3) is 0 Å². The summed E-state index contributed by atoms with van der Waals surface area (Å²) in [5.74, 6) is -4.06.